The number of ether oxygens (including phenoxy) is 5. The second-order valence-corrected chi connectivity index (χ2v) is 8.19. The van der Waals surface area contributed by atoms with Crippen LogP contribution in [0.25, 0.3) is 5.52 Å². The molecular weight excluding hydrogens is 422 g/mol. The van der Waals surface area contributed by atoms with E-state index in [1.165, 1.54) is 20.2 Å². The van der Waals surface area contributed by atoms with E-state index >= 15 is 0 Å². The Morgan fingerprint density at radius 2 is 2.31 bits per heavy atom. The summed E-state index contributed by atoms with van der Waals surface area (Å²) in [6.45, 7) is 2.97. The highest BCUT2D eigenvalue weighted by atomic mass is 16.7. The first-order valence-corrected chi connectivity index (χ1v) is 10.2. The van der Waals surface area contributed by atoms with Crippen LogP contribution in [0, 0.1) is 11.3 Å². The Labute approximate surface area is 183 Å². The summed E-state index contributed by atoms with van der Waals surface area (Å²) in [6.07, 6.45) is -0.972. The number of nitrogens with zero attached hydrogens (tertiary/aromatic N) is 4. The number of nitriles is 1. The highest BCUT2D eigenvalue weighted by Crippen LogP contribution is 2.43. The van der Waals surface area contributed by atoms with Crippen molar-refractivity contribution < 1.29 is 33.6 Å². The van der Waals surface area contributed by atoms with Gasteiger partial charge < -0.3 is 34.5 Å². The largest absolute Gasteiger partial charge is 0.829 e. The van der Waals surface area contributed by atoms with Crippen LogP contribution in [0.15, 0.2) is 18.5 Å². The van der Waals surface area contributed by atoms with E-state index in [0.29, 0.717) is 30.8 Å². The number of carbonyl (C=O) groups is 1. The van der Waals surface area contributed by atoms with E-state index in [-0.39, 0.29) is 12.2 Å². The maximum absolute atomic E-state index is 12.3. The molecule has 2 N–H and O–H groups in total. The van der Waals surface area contributed by atoms with E-state index in [4.69, 9.17) is 29.4 Å². The van der Waals surface area contributed by atoms with Crippen molar-refractivity contribution in [2.75, 3.05) is 25.6 Å². The minimum absolute atomic E-state index is 0.157. The highest BCUT2D eigenvalue weighted by Gasteiger charge is 2.53. The average molecular weight is 446 g/mol. The van der Waals surface area contributed by atoms with E-state index in [2.05, 4.69) is 10.1 Å². The van der Waals surface area contributed by atoms with Crippen LogP contribution in [0.1, 0.15) is 38.5 Å². The molecule has 2 aromatic heterocycles. The topological polar surface area (TPSA) is 166 Å². The van der Waals surface area contributed by atoms with Gasteiger partial charge in [-0.05, 0) is 17.9 Å². The van der Waals surface area contributed by atoms with Crippen LogP contribution in [-0.2, 0) is 23.7 Å². The van der Waals surface area contributed by atoms with Crippen LogP contribution in [-0.4, -0.2) is 64.2 Å². The smallest absolute Gasteiger partial charge is 0.508 e. The summed E-state index contributed by atoms with van der Waals surface area (Å²) in [5.41, 5.74) is 5.33. The Balaban J connectivity index is 1.56. The van der Waals surface area contributed by atoms with Crippen molar-refractivity contribution >= 4 is 17.5 Å². The SMILES string of the molecule is CC(C)([O-])O[C@H]1C[C@H](c2ccc3c(N)ncnn23)O[C@]1(C#N)COC(=O)O[C@H]1CCOC1. The summed E-state index contributed by atoms with van der Waals surface area (Å²) in [4.78, 5) is 16.1. The molecule has 0 radical (unpaired) electrons. The second kappa shape index (κ2) is 8.51. The summed E-state index contributed by atoms with van der Waals surface area (Å²) < 4.78 is 28.8. The van der Waals surface area contributed by atoms with E-state index < -0.39 is 42.5 Å². The molecule has 0 unspecified atom stereocenters. The molecule has 12 heteroatoms. The van der Waals surface area contributed by atoms with Gasteiger partial charge in [-0.1, -0.05) is 13.8 Å². The third kappa shape index (κ3) is 4.46. The zero-order chi connectivity index (χ0) is 22.9. The molecule has 12 nitrogen and oxygen atoms in total. The zero-order valence-corrected chi connectivity index (χ0v) is 17.7. The number of hydrogen-bond donors (Lipinski definition) is 1. The van der Waals surface area contributed by atoms with Crippen LogP contribution in [0.4, 0.5) is 10.6 Å². The van der Waals surface area contributed by atoms with Crippen LogP contribution < -0.4 is 10.8 Å². The van der Waals surface area contributed by atoms with Gasteiger partial charge in [0.15, 0.2) is 5.82 Å². The summed E-state index contributed by atoms with van der Waals surface area (Å²) >= 11 is 0. The first-order chi connectivity index (χ1) is 15.2. The summed E-state index contributed by atoms with van der Waals surface area (Å²) in [5.74, 6) is -1.52. The molecule has 0 bridgehead atoms. The molecular formula is C20H24N5O7-. The normalized spacial score (nSPS) is 28.0. The van der Waals surface area contributed by atoms with E-state index in [0.717, 1.165) is 0 Å². The molecule has 32 heavy (non-hydrogen) atoms. The van der Waals surface area contributed by atoms with Crippen molar-refractivity contribution in [1.29, 1.82) is 5.26 Å². The maximum Gasteiger partial charge on any atom is 0.508 e. The number of hydrogen-bond acceptors (Lipinski definition) is 11. The third-order valence-corrected chi connectivity index (χ3v) is 5.31. The van der Waals surface area contributed by atoms with Gasteiger partial charge >= 0.3 is 6.16 Å². The van der Waals surface area contributed by atoms with E-state index in [1.54, 1.807) is 16.6 Å². The molecule has 4 rings (SSSR count). The third-order valence-electron chi connectivity index (χ3n) is 5.31. The molecule has 0 spiro atoms. The first kappa shape index (κ1) is 22.2. The van der Waals surface area contributed by atoms with Gasteiger partial charge in [0, 0.05) is 12.8 Å². The van der Waals surface area contributed by atoms with Crippen LogP contribution in [0.5, 0.6) is 0 Å². The number of carbonyl (C=O) groups excluding carboxylic acids is 1. The fourth-order valence-electron chi connectivity index (χ4n) is 3.85. The molecule has 2 aromatic rings. The standard InChI is InChI=1S/C20H24N5O7/c1-19(2,27)32-16-7-15(13-3-4-14-17(22)23-11-24-25(13)14)31-20(16,9-21)10-29-18(26)30-12-5-6-28-8-12/h3-4,11-12,15-16H,5-8,10H2,1-2H3,(H2,22,23,24)/q-1/t12-,15+,16-,20+/m0/s1. The summed E-state index contributed by atoms with van der Waals surface area (Å²) in [5, 5.41) is 26.5. The average Bonchev–Trinajstić information content (AvgIpc) is 3.45. The first-order valence-electron chi connectivity index (χ1n) is 10.2. The number of aromatic nitrogens is 3. The van der Waals surface area contributed by atoms with Gasteiger partial charge in [-0.3, -0.25) is 0 Å². The minimum atomic E-state index is -1.81. The Morgan fingerprint density at radius 1 is 1.50 bits per heavy atom. The quantitative estimate of drug-likeness (QED) is 0.483. The summed E-state index contributed by atoms with van der Waals surface area (Å²) in [7, 11) is 0. The predicted octanol–water partition coefficient (Wildman–Crippen LogP) is 0.459. The Kier molecular flexibility index (Phi) is 5.91. The molecule has 0 saturated carbocycles. The van der Waals surface area contributed by atoms with Crippen LogP contribution >= 0.6 is 0 Å². The van der Waals surface area contributed by atoms with Gasteiger partial charge in [0.1, 0.15) is 42.8 Å². The van der Waals surface area contributed by atoms with Crippen LogP contribution in [0.2, 0.25) is 0 Å². The van der Waals surface area contributed by atoms with E-state index in [1.807, 2.05) is 6.07 Å². The molecule has 4 atom stereocenters. The molecule has 0 aliphatic carbocycles. The number of nitrogens with two attached hydrogens (primary N) is 1. The fraction of sp³-hybridized carbons (Fsp3) is 0.600. The van der Waals surface area contributed by atoms with Gasteiger partial charge in [-0.2, -0.15) is 10.4 Å². The maximum atomic E-state index is 12.3. The highest BCUT2D eigenvalue weighted by molar-refractivity contribution is 5.65. The molecule has 172 valence electrons. The summed E-state index contributed by atoms with van der Waals surface area (Å²) in [6, 6.07) is 5.51. The van der Waals surface area contributed by atoms with Gasteiger partial charge in [0.25, 0.3) is 0 Å². The molecule has 2 aliphatic rings. The second-order valence-electron chi connectivity index (χ2n) is 8.19. The Morgan fingerprint density at radius 3 is 3.00 bits per heavy atom. The molecule has 2 fully saturated rings. The number of rotatable bonds is 6. The van der Waals surface area contributed by atoms with Gasteiger partial charge in [-0.25, -0.2) is 14.3 Å². The van der Waals surface area contributed by atoms with Crippen molar-refractivity contribution in [3.63, 3.8) is 0 Å². The van der Waals surface area contributed by atoms with Crippen molar-refractivity contribution in [3.05, 3.63) is 24.2 Å². The minimum Gasteiger partial charge on any atom is -0.829 e. The molecule has 2 saturated heterocycles. The lowest BCUT2D eigenvalue weighted by Crippen LogP contribution is -2.51. The monoisotopic (exact) mass is 446 g/mol. The lowest BCUT2D eigenvalue weighted by molar-refractivity contribution is -0.550. The molecule has 4 heterocycles. The van der Waals surface area contributed by atoms with E-state index in [9.17, 15) is 15.2 Å². The predicted molar refractivity (Wildman–Crippen MR) is 105 cm³/mol. The lowest BCUT2D eigenvalue weighted by Gasteiger charge is -2.38. The van der Waals surface area contributed by atoms with Crippen molar-refractivity contribution in [3.8, 4) is 6.07 Å². The fourth-order valence-corrected chi connectivity index (χ4v) is 3.85. The lowest BCUT2D eigenvalue weighted by atomic mass is 9.97. The number of fused-ring (bicyclic) bond motifs is 1. The Hall–Kier alpha value is -2.98. The Bertz CT molecular complexity index is 1020. The van der Waals surface area contributed by atoms with Gasteiger partial charge in [-0.15, -0.1) is 0 Å². The van der Waals surface area contributed by atoms with Gasteiger partial charge in [0.2, 0.25) is 5.60 Å². The molecule has 2 aliphatic heterocycles. The van der Waals surface area contributed by atoms with Crippen molar-refractivity contribution in [2.45, 2.75) is 56.4 Å². The van der Waals surface area contributed by atoms with Crippen molar-refractivity contribution in [2.24, 2.45) is 0 Å². The molecule has 0 aromatic carbocycles. The van der Waals surface area contributed by atoms with Crippen LogP contribution in [0.3, 0.4) is 0 Å². The van der Waals surface area contributed by atoms with Gasteiger partial charge in [0.05, 0.1) is 18.9 Å². The van der Waals surface area contributed by atoms with Crippen molar-refractivity contribution in [1.82, 2.24) is 14.6 Å². The number of nitrogen functional groups attached to an aromatic ring is 1. The zero-order valence-electron chi connectivity index (χ0n) is 17.7. The molecule has 0 amide bonds. The number of anilines is 1.